The van der Waals surface area contributed by atoms with E-state index in [1.807, 2.05) is 0 Å². The number of halogens is 4. The molecule has 4 N–H and O–H groups in total. The second-order valence-corrected chi connectivity index (χ2v) is 8.20. The molecule has 0 saturated carbocycles. The average molecular weight is 453 g/mol. The zero-order valence-corrected chi connectivity index (χ0v) is 17.2. The van der Waals surface area contributed by atoms with E-state index in [0.717, 1.165) is 0 Å². The molecule has 0 amide bonds. The van der Waals surface area contributed by atoms with Crippen molar-refractivity contribution in [2.75, 3.05) is 5.32 Å². The summed E-state index contributed by atoms with van der Waals surface area (Å²) in [5.74, 6) is -1.01. The molecule has 0 aliphatic heterocycles. The predicted octanol–water partition coefficient (Wildman–Crippen LogP) is 5.23. The van der Waals surface area contributed by atoms with Gasteiger partial charge in [-0.2, -0.15) is 13.2 Å². The highest BCUT2D eigenvalue weighted by molar-refractivity contribution is 6.32. The van der Waals surface area contributed by atoms with Crippen molar-refractivity contribution in [2.24, 2.45) is 0 Å². The number of hydrogen-bond acceptors (Lipinski definition) is 4. The summed E-state index contributed by atoms with van der Waals surface area (Å²) in [5.41, 5.74) is -2.27. The Morgan fingerprint density at radius 1 is 1.23 bits per heavy atom. The lowest BCUT2D eigenvalue weighted by Crippen LogP contribution is -2.55. The number of aromatic hydroxyl groups is 1. The number of benzene rings is 2. The first-order chi connectivity index (χ1) is 14.6. The van der Waals surface area contributed by atoms with Crippen LogP contribution in [0.15, 0.2) is 47.3 Å². The van der Waals surface area contributed by atoms with Crippen LogP contribution in [0.2, 0.25) is 5.02 Å². The molecule has 164 valence electrons. The summed E-state index contributed by atoms with van der Waals surface area (Å²) in [7, 11) is 0. The van der Waals surface area contributed by atoms with Gasteiger partial charge in [-0.05, 0) is 48.6 Å². The van der Waals surface area contributed by atoms with Crippen molar-refractivity contribution in [3.05, 3.63) is 69.0 Å². The highest BCUT2D eigenvalue weighted by atomic mass is 35.5. The third-order valence-electron chi connectivity index (χ3n) is 6.00. The Kier molecular flexibility index (Phi) is 5.18. The van der Waals surface area contributed by atoms with Crippen LogP contribution in [0.1, 0.15) is 42.9 Å². The SMILES string of the molecule is CC[C@@H]1C[C@](O)(C(F)(F)F)[C@@H](Nc2cccc3[nH]c(=O)ccc23)c2ccc(Cl)c(O)c21. The summed E-state index contributed by atoms with van der Waals surface area (Å²) in [5, 5.41) is 24.9. The maximum atomic E-state index is 14.2. The summed E-state index contributed by atoms with van der Waals surface area (Å²) < 4.78 is 42.6. The van der Waals surface area contributed by atoms with E-state index < -0.39 is 30.2 Å². The van der Waals surface area contributed by atoms with E-state index in [1.54, 1.807) is 25.1 Å². The van der Waals surface area contributed by atoms with E-state index in [1.165, 1.54) is 24.3 Å². The molecule has 1 aromatic heterocycles. The number of nitrogens with one attached hydrogen (secondary N) is 2. The summed E-state index contributed by atoms with van der Waals surface area (Å²) in [6, 6.07) is 8.68. The van der Waals surface area contributed by atoms with Gasteiger partial charge in [0.25, 0.3) is 0 Å². The smallest absolute Gasteiger partial charge is 0.419 e. The lowest BCUT2D eigenvalue weighted by atomic mass is 9.69. The molecule has 5 nitrogen and oxygen atoms in total. The number of anilines is 1. The fourth-order valence-corrected chi connectivity index (χ4v) is 4.59. The van der Waals surface area contributed by atoms with Crippen LogP contribution in [0, 0.1) is 0 Å². The van der Waals surface area contributed by atoms with E-state index >= 15 is 0 Å². The van der Waals surface area contributed by atoms with Crippen molar-refractivity contribution in [1.82, 2.24) is 4.98 Å². The molecule has 4 rings (SSSR count). The number of alkyl halides is 3. The van der Waals surface area contributed by atoms with Crippen molar-refractivity contribution in [3.8, 4) is 5.75 Å². The van der Waals surface area contributed by atoms with Crippen molar-refractivity contribution >= 4 is 28.2 Å². The molecule has 0 spiro atoms. The van der Waals surface area contributed by atoms with Gasteiger partial charge in [0.05, 0.1) is 16.6 Å². The summed E-state index contributed by atoms with van der Waals surface area (Å²) >= 11 is 6.04. The zero-order valence-electron chi connectivity index (χ0n) is 16.4. The van der Waals surface area contributed by atoms with Crippen LogP contribution in [0.4, 0.5) is 18.9 Å². The van der Waals surface area contributed by atoms with Gasteiger partial charge >= 0.3 is 6.18 Å². The molecule has 31 heavy (non-hydrogen) atoms. The Morgan fingerprint density at radius 2 is 1.97 bits per heavy atom. The maximum Gasteiger partial charge on any atom is 0.419 e. The lowest BCUT2D eigenvalue weighted by Gasteiger charge is -2.46. The first kappa shape index (κ1) is 21.5. The van der Waals surface area contributed by atoms with Crippen LogP contribution in [-0.2, 0) is 0 Å². The molecule has 1 aliphatic rings. The third kappa shape index (κ3) is 3.43. The largest absolute Gasteiger partial charge is 0.506 e. The van der Waals surface area contributed by atoms with Gasteiger partial charge in [-0.15, -0.1) is 0 Å². The number of phenols is 1. The number of aromatic amines is 1. The Labute approximate surface area is 180 Å². The first-order valence-electron chi connectivity index (χ1n) is 9.75. The van der Waals surface area contributed by atoms with Gasteiger partial charge in [-0.3, -0.25) is 4.79 Å². The third-order valence-corrected chi connectivity index (χ3v) is 6.31. The highest BCUT2D eigenvalue weighted by Gasteiger charge is 2.62. The fraction of sp³-hybridized carbons (Fsp3) is 0.318. The molecule has 0 saturated heterocycles. The number of fused-ring (bicyclic) bond motifs is 2. The molecule has 1 heterocycles. The van der Waals surface area contributed by atoms with Crippen LogP contribution in [0.5, 0.6) is 5.75 Å². The van der Waals surface area contributed by atoms with Crippen molar-refractivity contribution in [1.29, 1.82) is 0 Å². The first-order valence-corrected chi connectivity index (χ1v) is 10.1. The Morgan fingerprint density at radius 3 is 2.65 bits per heavy atom. The van der Waals surface area contributed by atoms with Crippen LogP contribution in [-0.4, -0.2) is 27.0 Å². The average Bonchev–Trinajstić information content (AvgIpc) is 2.71. The van der Waals surface area contributed by atoms with E-state index in [2.05, 4.69) is 10.3 Å². The molecule has 3 atom stereocenters. The van der Waals surface area contributed by atoms with Crippen LogP contribution >= 0.6 is 11.6 Å². The minimum absolute atomic E-state index is 0.0381. The highest BCUT2D eigenvalue weighted by Crippen LogP contribution is 2.56. The van der Waals surface area contributed by atoms with Gasteiger partial charge in [0.15, 0.2) is 5.60 Å². The van der Waals surface area contributed by atoms with Crippen molar-refractivity contribution in [2.45, 2.75) is 43.5 Å². The number of hydrogen-bond donors (Lipinski definition) is 4. The van der Waals surface area contributed by atoms with Gasteiger partial charge in [-0.25, -0.2) is 0 Å². The molecular formula is C22H20ClF3N2O3. The monoisotopic (exact) mass is 452 g/mol. The molecule has 0 radical (unpaired) electrons. The number of H-pyrrole nitrogens is 1. The number of phenolic OH excluding ortho intramolecular Hbond substituents is 1. The topological polar surface area (TPSA) is 85.4 Å². The van der Waals surface area contributed by atoms with Gasteiger partial charge in [0.2, 0.25) is 5.56 Å². The normalized spacial score (nSPS) is 23.5. The van der Waals surface area contributed by atoms with Crippen molar-refractivity contribution in [3.63, 3.8) is 0 Å². The molecule has 0 fully saturated rings. The second kappa shape index (κ2) is 7.46. The molecule has 3 aromatic rings. The Hall–Kier alpha value is -2.71. The van der Waals surface area contributed by atoms with Gasteiger partial charge in [-0.1, -0.05) is 30.7 Å². The van der Waals surface area contributed by atoms with E-state index in [0.29, 0.717) is 22.2 Å². The minimum atomic E-state index is -4.94. The van der Waals surface area contributed by atoms with E-state index in [4.69, 9.17) is 11.6 Å². The maximum absolute atomic E-state index is 14.2. The number of aliphatic hydroxyl groups is 1. The number of pyridine rings is 1. The zero-order chi connectivity index (χ0) is 22.6. The van der Waals surface area contributed by atoms with E-state index in [9.17, 15) is 28.2 Å². The molecule has 0 bridgehead atoms. The number of aromatic nitrogens is 1. The Bertz CT molecular complexity index is 1210. The van der Waals surface area contributed by atoms with Gasteiger partial charge in [0.1, 0.15) is 5.75 Å². The minimum Gasteiger partial charge on any atom is -0.506 e. The fourth-order valence-electron chi connectivity index (χ4n) is 4.42. The summed E-state index contributed by atoms with van der Waals surface area (Å²) in [4.78, 5) is 14.2. The quantitative estimate of drug-likeness (QED) is 0.438. The lowest BCUT2D eigenvalue weighted by molar-refractivity contribution is -0.272. The van der Waals surface area contributed by atoms with E-state index in [-0.39, 0.29) is 28.3 Å². The molecule has 0 unspecified atom stereocenters. The second-order valence-electron chi connectivity index (χ2n) is 7.80. The summed E-state index contributed by atoms with van der Waals surface area (Å²) in [6.07, 6.45) is -5.29. The van der Waals surface area contributed by atoms with Gasteiger partial charge in [0, 0.05) is 22.7 Å². The summed E-state index contributed by atoms with van der Waals surface area (Å²) in [6.45, 7) is 1.69. The molecule has 1 aliphatic carbocycles. The Balaban J connectivity index is 1.94. The van der Waals surface area contributed by atoms with Crippen LogP contribution < -0.4 is 10.9 Å². The standard InChI is InChI=1S/C22H20ClF3N2O3/c1-2-11-10-21(31,22(24,25)26)20(13-6-8-14(23)19(30)18(11)13)28-16-5-3-4-15-12(16)7-9-17(29)27-15/h3-9,11,20,28,30-31H,2,10H2,1H3,(H,27,29)/t11-,20+,21-/m1/s1. The molecule has 9 heteroatoms. The van der Waals surface area contributed by atoms with Crippen molar-refractivity contribution < 1.29 is 23.4 Å². The number of rotatable bonds is 3. The van der Waals surface area contributed by atoms with Gasteiger partial charge < -0.3 is 20.5 Å². The molecular weight excluding hydrogens is 433 g/mol. The predicted molar refractivity (Wildman–Crippen MR) is 113 cm³/mol. The van der Waals surface area contributed by atoms with Crippen LogP contribution in [0.3, 0.4) is 0 Å². The molecule has 2 aromatic carbocycles. The van der Waals surface area contributed by atoms with Crippen LogP contribution in [0.25, 0.3) is 10.9 Å².